The van der Waals surface area contributed by atoms with E-state index in [0.717, 1.165) is 16.9 Å². The Labute approximate surface area is 175 Å². The molecule has 2 aliphatic rings. The molecule has 2 atom stereocenters. The smallest absolute Gasteiger partial charge is 0.257 e. The molecule has 0 bridgehead atoms. The van der Waals surface area contributed by atoms with Gasteiger partial charge >= 0.3 is 0 Å². The van der Waals surface area contributed by atoms with Gasteiger partial charge in [0, 0.05) is 40.0 Å². The van der Waals surface area contributed by atoms with Crippen LogP contribution in [0, 0.1) is 0 Å². The van der Waals surface area contributed by atoms with E-state index in [2.05, 4.69) is 11.2 Å². The lowest BCUT2D eigenvalue weighted by Crippen LogP contribution is -2.66. The van der Waals surface area contributed by atoms with Gasteiger partial charge in [0.25, 0.3) is 11.8 Å². The summed E-state index contributed by atoms with van der Waals surface area (Å²) >= 11 is 0. The summed E-state index contributed by atoms with van der Waals surface area (Å²) in [5, 5.41) is 4.07. The van der Waals surface area contributed by atoms with Crippen LogP contribution < -0.4 is 4.74 Å². The number of benzene rings is 1. The Morgan fingerprint density at radius 1 is 1.23 bits per heavy atom. The molecule has 0 radical (unpaired) electrons. The molecule has 4 rings (SSSR count). The predicted molar refractivity (Wildman–Crippen MR) is 110 cm³/mol. The third-order valence-corrected chi connectivity index (χ3v) is 5.78. The van der Waals surface area contributed by atoms with E-state index < -0.39 is 6.10 Å². The van der Waals surface area contributed by atoms with Crippen molar-refractivity contribution in [2.45, 2.75) is 25.1 Å². The Bertz CT molecular complexity index is 966. The highest BCUT2D eigenvalue weighted by atomic mass is 16.5. The number of hydrogen-bond donors (Lipinski definition) is 0. The van der Waals surface area contributed by atoms with Crippen LogP contribution in [0.15, 0.2) is 48.3 Å². The van der Waals surface area contributed by atoms with Crippen molar-refractivity contribution < 1.29 is 19.1 Å². The van der Waals surface area contributed by atoms with Crippen LogP contribution in [-0.4, -0.2) is 70.8 Å². The molecule has 2 aromatic rings. The highest BCUT2D eigenvalue weighted by molar-refractivity contribution is 5.94. The fourth-order valence-electron chi connectivity index (χ4n) is 4.10. The lowest BCUT2D eigenvalue weighted by molar-refractivity contribution is -0.168. The van der Waals surface area contributed by atoms with Gasteiger partial charge in [-0.05, 0) is 29.7 Å². The first kappa shape index (κ1) is 20.2. The average molecular weight is 410 g/mol. The van der Waals surface area contributed by atoms with Gasteiger partial charge in [-0.25, -0.2) is 0 Å². The van der Waals surface area contributed by atoms with Gasteiger partial charge in [-0.15, -0.1) is 0 Å². The number of β-lactam (4-membered cyclic amide) rings is 1. The van der Waals surface area contributed by atoms with Crippen molar-refractivity contribution in [2.24, 2.45) is 7.05 Å². The number of aryl methyl sites for hydroxylation is 1. The van der Waals surface area contributed by atoms with Crippen molar-refractivity contribution in [3.8, 4) is 5.75 Å². The maximum atomic E-state index is 12.6. The van der Waals surface area contributed by atoms with Gasteiger partial charge in [0.2, 0.25) is 0 Å². The summed E-state index contributed by atoms with van der Waals surface area (Å²) in [6.07, 6.45) is 5.62. The van der Waals surface area contributed by atoms with Crippen LogP contribution >= 0.6 is 0 Å². The molecule has 3 heterocycles. The number of likely N-dealkylation sites (tertiary alicyclic amines) is 1. The minimum atomic E-state index is -0.463. The molecular formula is C22H26N4O4. The van der Waals surface area contributed by atoms with Crippen molar-refractivity contribution in [1.29, 1.82) is 0 Å². The molecular weight excluding hydrogens is 384 g/mol. The lowest BCUT2D eigenvalue weighted by atomic mass is 9.86. The summed E-state index contributed by atoms with van der Waals surface area (Å²) in [6, 6.07) is 7.62. The van der Waals surface area contributed by atoms with Crippen LogP contribution in [0.25, 0.3) is 0 Å². The summed E-state index contributed by atoms with van der Waals surface area (Å²) in [4.78, 5) is 28.9. The van der Waals surface area contributed by atoms with E-state index in [4.69, 9.17) is 9.47 Å². The summed E-state index contributed by atoms with van der Waals surface area (Å²) in [5.41, 5.74) is 2.77. The molecule has 158 valence electrons. The number of methoxy groups -OCH3 is 2. The van der Waals surface area contributed by atoms with E-state index in [0.29, 0.717) is 31.6 Å². The molecule has 0 N–H and O–H groups in total. The molecule has 1 fully saturated rings. The maximum Gasteiger partial charge on any atom is 0.257 e. The number of carbonyl (C=O) groups is 2. The molecule has 1 aromatic carbocycles. The summed E-state index contributed by atoms with van der Waals surface area (Å²) < 4.78 is 12.3. The number of carbonyl (C=O) groups excluding carboxylic acids is 2. The van der Waals surface area contributed by atoms with Gasteiger partial charge in [-0.3, -0.25) is 14.3 Å². The Morgan fingerprint density at radius 3 is 2.57 bits per heavy atom. The summed E-state index contributed by atoms with van der Waals surface area (Å²) in [6.45, 7) is 1.64. The zero-order chi connectivity index (χ0) is 21.3. The zero-order valence-corrected chi connectivity index (χ0v) is 17.4. The van der Waals surface area contributed by atoms with Gasteiger partial charge in [-0.1, -0.05) is 18.2 Å². The normalized spacial score (nSPS) is 21.3. The van der Waals surface area contributed by atoms with E-state index >= 15 is 0 Å². The number of ether oxygens (including phenoxy) is 2. The van der Waals surface area contributed by atoms with Crippen molar-refractivity contribution in [3.63, 3.8) is 0 Å². The van der Waals surface area contributed by atoms with E-state index in [-0.39, 0.29) is 17.9 Å². The van der Waals surface area contributed by atoms with Crippen LogP contribution in [0.4, 0.5) is 0 Å². The van der Waals surface area contributed by atoms with Crippen molar-refractivity contribution >= 4 is 11.8 Å². The highest BCUT2D eigenvalue weighted by Crippen LogP contribution is 2.33. The molecule has 30 heavy (non-hydrogen) atoms. The van der Waals surface area contributed by atoms with E-state index in [1.54, 1.807) is 43.2 Å². The molecule has 1 aromatic heterocycles. The van der Waals surface area contributed by atoms with Gasteiger partial charge in [0.05, 0.1) is 24.9 Å². The molecule has 2 amide bonds. The third kappa shape index (κ3) is 3.70. The van der Waals surface area contributed by atoms with Crippen molar-refractivity contribution in [3.05, 3.63) is 59.4 Å². The average Bonchev–Trinajstić information content (AvgIpc) is 3.22. The summed E-state index contributed by atoms with van der Waals surface area (Å²) in [7, 11) is 4.99. The van der Waals surface area contributed by atoms with Crippen LogP contribution in [0.1, 0.15) is 22.3 Å². The van der Waals surface area contributed by atoms with Crippen LogP contribution in [-0.2, 0) is 23.1 Å². The molecule has 1 saturated heterocycles. The fraction of sp³-hybridized carbons (Fsp3) is 0.409. The Balaban J connectivity index is 1.46. The zero-order valence-electron chi connectivity index (χ0n) is 17.4. The first-order valence-electron chi connectivity index (χ1n) is 9.95. The Morgan fingerprint density at radius 2 is 2.00 bits per heavy atom. The second-order valence-electron chi connectivity index (χ2n) is 7.60. The van der Waals surface area contributed by atoms with Crippen LogP contribution in [0.5, 0.6) is 5.75 Å². The molecule has 0 spiro atoms. The first-order chi connectivity index (χ1) is 14.5. The minimum absolute atomic E-state index is 0.00640. The Kier molecular flexibility index (Phi) is 5.59. The molecule has 0 saturated carbocycles. The third-order valence-electron chi connectivity index (χ3n) is 5.78. The Hall–Kier alpha value is -3.13. The SMILES string of the molecule is COc1ccc(CN2C(=O)[C@H](OC)[C@@H]2C2=CCN(C(=O)c3cnn(C)c3)CC2)cc1. The van der Waals surface area contributed by atoms with E-state index in [9.17, 15) is 9.59 Å². The largest absolute Gasteiger partial charge is 0.497 e. The van der Waals surface area contributed by atoms with Gasteiger partial charge in [-0.2, -0.15) is 5.10 Å². The highest BCUT2D eigenvalue weighted by Gasteiger charge is 2.49. The monoisotopic (exact) mass is 410 g/mol. The first-order valence-corrected chi connectivity index (χ1v) is 9.95. The number of hydrogen-bond acceptors (Lipinski definition) is 5. The van der Waals surface area contributed by atoms with Crippen molar-refractivity contribution in [2.75, 3.05) is 27.3 Å². The fourth-order valence-corrected chi connectivity index (χ4v) is 4.10. The summed E-state index contributed by atoms with van der Waals surface area (Å²) in [5.74, 6) is 0.753. The molecule has 0 aliphatic carbocycles. The number of nitrogens with zero attached hydrogens (tertiary/aromatic N) is 4. The molecule has 8 heteroatoms. The molecule has 0 unspecified atom stereocenters. The van der Waals surface area contributed by atoms with Crippen molar-refractivity contribution in [1.82, 2.24) is 19.6 Å². The van der Waals surface area contributed by atoms with E-state index in [1.165, 1.54) is 0 Å². The minimum Gasteiger partial charge on any atom is -0.497 e. The second-order valence-corrected chi connectivity index (χ2v) is 7.60. The second kappa shape index (κ2) is 8.31. The maximum absolute atomic E-state index is 12.6. The number of rotatable bonds is 6. The lowest BCUT2D eigenvalue weighted by Gasteiger charge is -2.48. The van der Waals surface area contributed by atoms with E-state index in [1.807, 2.05) is 29.2 Å². The van der Waals surface area contributed by atoms with Gasteiger partial charge < -0.3 is 19.3 Å². The van der Waals surface area contributed by atoms with Crippen LogP contribution in [0.3, 0.4) is 0 Å². The van der Waals surface area contributed by atoms with Gasteiger partial charge in [0.1, 0.15) is 5.75 Å². The number of amides is 2. The topological polar surface area (TPSA) is 76.9 Å². The van der Waals surface area contributed by atoms with Crippen LogP contribution in [0.2, 0.25) is 0 Å². The molecule has 8 nitrogen and oxygen atoms in total. The van der Waals surface area contributed by atoms with Gasteiger partial charge in [0.15, 0.2) is 6.10 Å². The standard InChI is InChI=1S/C22H26N4O4/c1-24-14-17(12-23-24)21(27)25-10-8-16(9-11-25)19-20(30-3)22(28)26(19)13-15-4-6-18(29-2)7-5-15/h4-8,12,14,19-20H,9-11,13H2,1-3H3/t19-,20+/m0/s1. The quantitative estimate of drug-likeness (QED) is 0.534. The molecule has 2 aliphatic heterocycles. The number of aromatic nitrogens is 2. The predicted octanol–water partition coefficient (Wildman–Crippen LogP) is 1.63.